The van der Waals surface area contributed by atoms with Crippen LogP contribution in [-0.4, -0.2) is 97.6 Å². The summed E-state index contributed by atoms with van der Waals surface area (Å²) in [7, 11) is 0. The molecule has 0 spiro atoms. The minimum Gasteiger partial charge on any atom is -0.477 e. The number of carbonyl (C=O) groups is 3. The highest BCUT2D eigenvalue weighted by Gasteiger charge is 2.60. The number of carbonyl (C=O) groups excluding carboxylic acids is 2. The second-order valence-corrected chi connectivity index (χ2v) is 10.1. The molecule has 4 aliphatic heterocycles. The number of hydrogen-bond donors (Lipinski definition) is 3. The average Bonchev–Trinajstić information content (AvgIpc) is 3.23. The normalized spacial score (nSPS) is 28.9. The van der Waals surface area contributed by atoms with Crippen LogP contribution in [0.25, 0.3) is 0 Å². The van der Waals surface area contributed by atoms with Crippen molar-refractivity contribution in [2.75, 3.05) is 31.1 Å². The molecule has 3 saturated heterocycles. The quantitative estimate of drug-likeness (QED) is 0.474. The number of hydrogen-bond acceptors (Lipinski definition) is 9. The maximum Gasteiger partial charge on any atom is 0.353 e. The van der Waals surface area contributed by atoms with Gasteiger partial charge in [-0.2, -0.15) is 4.98 Å². The van der Waals surface area contributed by atoms with E-state index in [9.17, 15) is 29.7 Å². The third-order valence-electron chi connectivity index (χ3n) is 6.58. The number of anilines is 1. The van der Waals surface area contributed by atoms with Gasteiger partial charge in [0.2, 0.25) is 5.91 Å². The van der Waals surface area contributed by atoms with Gasteiger partial charge in [-0.15, -0.1) is 11.8 Å². The first-order valence-electron chi connectivity index (χ1n) is 10.5. The summed E-state index contributed by atoms with van der Waals surface area (Å²) in [6, 6.07) is -0.000962. The summed E-state index contributed by atoms with van der Waals surface area (Å²) in [6.45, 7) is 5.15. The zero-order valence-electron chi connectivity index (χ0n) is 17.5. The highest BCUT2D eigenvalue weighted by Crippen LogP contribution is 2.52. The number of likely N-dealkylation sites (tertiary alicyclic amines) is 1. The SMILES string of the molecule is C[C@@H](O)[C@H]1C(=O)N2C(C(=O)O)=C(SC3CN(c4nc(C(=O)N5CC(O)C5)co4)C3)[C@H](C)[C@H]12. The molecule has 0 saturated carbocycles. The van der Waals surface area contributed by atoms with Crippen LogP contribution in [0.4, 0.5) is 6.01 Å². The van der Waals surface area contributed by atoms with Crippen molar-refractivity contribution in [2.24, 2.45) is 11.8 Å². The molecule has 172 valence electrons. The minimum atomic E-state index is -1.14. The van der Waals surface area contributed by atoms with Crippen molar-refractivity contribution in [1.29, 1.82) is 0 Å². The van der Waals surface area contributed by atoms with Crippen molar-refractivity contribution in [3.63, 3.8) is 0 Å². The van der Waals surface area contributed by atoms with Crippen LogP contribution in [-0.2, 0) is 9.59 Å². The number of aliphatic carboxylic acids is 1. The zero-order valence-corrected chi connectivity index (χ0v) is 18.4. The van der Waals surface area contributed by atoms with Gasteiger partial charge in [-0.3, -0.25) is 9.59 Å². The number of amides is 2. The monoisotopic (exact) mass is 464 g/mol. The van der Waals surface area contributed by atoms with Gasteiger partial charge in [0.1, 0.15) is 12.0 Å². The van der Waals surface area contributed by atoms with E-state index in [1.165, 1.54) is 27.8 Å². The first kappa shape index (κ1) is 21.3. The molecule has 0 radical (unpaired) electrons. The van der Waals surface area contributed by atoms with Crippen molar-refractivity contribution < 1.29 is 34.1 Å². The maximum absolute atomic E-state index is 12.4. The van der Waals surface area contributed by atoms with Gasteiger partial charge in [0.15, 0.2) is 5.69 Å². The lowest BCUT2D eigenvalue weighted by Crippen LogP contribution is -2.63. The molecule has 2 amide bonds. The molecule has 0 bridgehead atoms. The number of β-amino-alcohol motifs (C(OH)–C–C–N with tert-alkyl or cyclic N) is 1. The van der Waals surface area contributed by atoms with E-state index >= 15 is 0 Å². The topological polar surface area (TPSA) is 148 Å². The molecule has 0 unspecified atom stereocenters. The number of carboxylic acid groups (broad SMARTS) is 1. The summed E-state index contributed by atoms with van der Waals surface area (Å²) in [5.74, 6) is -2.51. The average molecular weight is 465 g/mol. The van der Waals surface area contributed by atoms with Gasteiger partial charge in [0.05, 0.1) is 24.2 Å². The molecule has 4 atom stereocenters. The van der Waals surface area contributed by atoms with Gasteiger partial charge >= 0.3 is 5.97 Å². The number of thioether (sulfide) groups is 1. The largest absolute Gasteiger partial charge is 0.477 e. The molecule has 0 aromatic carbocycles. The lowest BCUT2D eigenvalue weighted by Gasteiger charge is -2.46. The van der Waals surface area contributed by atoms with E-state index in [4.69, 9.17) is 4.42 Å². The molecule has 11 nitrogen and oxygen atoms in total. The van der Waals surface area contributed by atoms with Crippen LogP contribution in [0.15, 0.2) is 21.3 Å². The molecular formula is C20H24N4O7S. The number of aliphatic hydroxyl groups is 2. The maximum atomic E-state index is 12.4. The summed E-state index contributed by atoms with van der Waals surface area (Å²) < 4.78 is 5.44. The van der Waals surface area contributed by atoms with E-state index in [0.29, 0.717) is 37.1 Å². The Labute approximate surface area is 187 Å². The van der Waals surface area contributed by atoms with Crippen molar-refractivity contribution in [1.82, 2.24) is 14.8 Å². The number of β-lactam (4-membered cyclic amide) rings is 1. The van der Waals surface area contributed by atoms with Crippen LogP contribution in [0.3, 0.4) is 0 Å². The molecule has 1 aromatic rings. The molecule has 12 heteroatoms. The Hall–Kier alpha value is -2.57. The summed E-state index contributed by atoms with van der Waals surface area (Å²) >= 11 is 1.44. The Balaban J connectivity index is 1.23. The van der Waals surface area contributed by atoms with Gasteiger partial charge in [0.25, 0.3) is 11.9 Å². The lowest BCUT2D eigenvalue weighted by molar-refractivity contribution is -0.163. The van der Waals surface area contributed by atoms with Gasteiger partial charge in [-0.25, -0.2) is 4.79 Å². The summed E-state index contributed by atoms with van der Waals surface area (Å²) in [6.07, 6.45) is -0.00913. The van der Waals surface area contributed by atoms with E-state index in [1.54, 1.807) is 6.92 Å². The van der Waals surface area contributed by atoms with Crippen molar-refractivity contribution in [3.8, 4) is 0 Å². The van der Waals surface area contributed by atoms with E-state index in [1.807, 2.05) is 11.8 Å². The van der Waals surface area contributed by atoms with Crippen LogP contribution in [0.1, 0.15) is 24.3 Å². The van der Waals surface area contributed by atoms with E-state index in [2.05, 4.69) is 4.98 Å². The van der Waals surface area contributed by atoms with Crippen molar-refractivity contribution in [2.45, 2.75) is 37.3 Å². The van der Waals surface area contributed by atoms with Crippen LogP contribution >= 0.6 is 11.8 Å². The van der Waals surface area contributed by atoms with Crippen LogP contribution in [0.5, 0.6) is 0 Å². The number of carboxylic acids is 1. The van der Waals surface area contributed by atoms with Gasteiger partial charge < -0.3 is 34.4 Å². The van der Waals surface area contributed by atoms with E-state index in [0.717, 1.165) is 0 Å². The summed E-state index contributed by atoms with van der Waals surface area (Å²) in [4.78, 5) is 46.2. The second-order valence-electron chi connectivity index (χ2n) is 8.80. The molecule has 32 heavy (non-hydrogen) atoms. The fraction of sp³-hybridized carbons (Fsp3) is 0.600. The zero-order chi connectivity index (χ0) is 22.9. The highest BCUT2D eigenvalue weighted by molar-refractivity contribution is 8.03. The smallest absolute Gasteiger partial charge is 0.353 e. The molecule has 3 fully saturated rings. The predicted octanol–water partition coefficient (Wildman–Crippen LogP) is -0.433. The van der Waals surface area contributed by atoms with E-state index in [-0.39, 0.29) is 40.4 Å². The van der Waals surface area contributed by atoms with E-state index < -0.39 is 24.1 Å². The Bertz CT molecular complexity index is 1010. The molecule has 0 aliphatic carbocycles. The fourth-order valence-electron chi connectivity index (χ4n) is 4.82. The molecule has 1 aromatic heterocycles. The molecule has 5 rings (SSSR count). The first-order valence-corrected chi connectivity index (χ1v) is 11.4. The molecular weight excluding hydrogens is 440 g/mol. The number of oxazole rings is 1. The predicted molar refractivity (Wildman–Crippen MR) is 112 cm³/mol. The molecule has 4 aliphatic rings. The lowest BCUT2D eigenvalue weighted by atomic mass is 9.79. The van der Waals surface area contributed by atoms with Crippen LogP contribution in [0, 0.1) is 11.8 Å². The van der Waals surface area contributed by atoms with Gasteiger partial charge in [0, 0.05) is 42.3 Å². The Morgan fingerprint density at radius 1 is 1.28 bits per heavy atom. The third-order valence-corrected chi connectivity index (χ3v) is 8.03. The molecule has 5 heterocycles. The Morgan fingerprint density at radius 3 is 2.56 bits per heavy atom. The second kappa shape index (κ2) is 7.49. The Kier molecular flexibility index (Phi) is 4.98. The van der Waals surface area contributed by atoms with Gasteiger partial charge in [-0.05, 0) is 6.92 Å². The molecule has 3 N–H and O–H groups in total. The van der Waals surface area contributed by atoms with Gasteiger partial charge in [-0.1, -0.05) is 6.92 Å². The number of nitrogens with zero attached hydrogens (tertiary/aromatic N) is 4. The number of aliphatic hydroxyl groups excluding tert-OH is 2. The van der Waals surface area contributed by atoms with Crippen molar-refractivity contribution in [3.05, 3.63) is 22.6 Å². The summed E-state index contributed by atoms with van der Waals surface area (Å²) in [5, 5.41) is 29.1. The fourth-order valence-corrected chi connectivity index (χ4v) is 6.34. The van der Waals surface area contributed by atoms with Crippen molar-refractivity contribution >= 4 is 35.6 Å². The number of aromatic nitrogens is 1. The Morgan fingerprint density at radius 2 is 1.97 bits per heavy atom. The third kappa shape index (κ3) is 3.11. The standard InChI is InChI=1S/C20H24N4O7S/c1-8-14-13(9(2)25)18(28)24(14)15(19(29)30)16(8)32-11-5-23(6-11)20-21-12(7-31-20)17(27)22-3-10(26)4-22/h7-11,13-14,25-26H,3-6H2,1-2H3,(H,29,30)/t8-,9-,13-,14-/m1/s1. The van der Waals surface area contributed by atoms with Crippen LogP contribution in [0.2, 0.25) is 0 Å². The first-order chi connectivity index (χ1) is 15.2. The number of rotatable bonds is 6. The van der Waals surface area contributed by atoms with Crippen LogP contribution < -0.4 is 4.90 Å². The number of fused-ring (bicyclic) bond motifs is 1. The summed E-state index contributed by atoms with van der Waals surface area (Å²) in [5.41, 5.74) is 0.212. The minimum absolute atomic E-state index is 0.0218. The highest BCUT2D eigenvalue weighted by atomic mass is 32.2.